The highest BCUT2D eigenvalue weighted by atomic mass is 32.2. The van der Waals surface area contributed by atoms with Gasteiger partial charge >= 0.3 is 0 Å². The number of anilines is 1. The molecule has 0 unspecified atom stereocenters. The van der Waals surface area contributed by atoms with Gasteiger partial charge in [0.15, 0.2) is 0 Å². The summed E-state index contributed by atoms with van der Waals surface area (Å²) in [5.74, 6) is -0.0803. The number of carbonyl (C=O) groups is 1. The number of hydrogen-bond donors (Lipinski definition) is 2. The van der Waals surface area contributed by atoms with Gasteiger partial charge in [-0.05, 0) is 24.3 Å². The van der Waals surface area contributed by atoms with E-state index in [0.29, 0.717) is 4.91 Å². The zero-order valence-corrected chi connectivity index (χ0v) is 9.62. The molecule has 2 heterocycles. The lowest BCUT2D eigenvalue weighted by atomic mass is 10.3. The van der Waals surface area contributed by atoms with E-state index in [2.05, 4.69) is 15.5 Å². The van der Waals surface area contributed by atoms with Crippen molar-refractivity contribution < 1.29 is 4.79 Å². The van der Waals surface area contributed by atoms with E-state index in [1.807, 2.05) is 30.3 Å². The summed E-state index contributed by atoms with van der Waals surface area (Å²) < 4.78 is 0. The van der Waals surface area contributed by atoms with Gasteiger partial charge in [0, 0.05) is 11.1 Å². The molecule has 0 bridgehead atoms. The number of rotatable bonds is 1. The highest BCUT2D eigenvalue weighted by Gasteiger charge is 2.20. The van der Waals surface area contributed by atoms with E-state index in [1.165, 1.54) is 11.8 Å². The van der Waals surface area contributed by atoms with Crippen molar-refractivity contribution in [3.05, 3.63) is 47.1 Å². The molecule has 2 N–H and O–H groups in total. The van der Waals surface area contributed by atoms with E-state index >= 15 is 0 Å². The number of H-pyrrole nitrogens is 1. The summed E-state index contributed by atoms with van der Waals surface area (Å²) in [5.41, 5.74) is 1.69. The molecule has 5 heteroatoms. The Morgan fingerprint density at radius 2 is 2.12 bits per heavy atom. The number of aromatic nitrogens is 2. The Hall–Kier alpha value is -2.01. The Bertz CT molecular complexity index is 590. The maximum atomic E-state index is 11.8. The van der Waals surface area contributed by atoms with Crippen molar-refractivity contribution in [1.29, 1.82) is 0 Å². The second kappa shape index (κ2) is 4.10. The first-order valence-electron chi connectivity index (χ1n) is 5.12. The lowest BCUT2D eigenvalue weighted by Crippen LogP contribution is -2.17. The van der Waals surface area contributed by atoms with Gasteiger partial charge in [-0.25, -0.2) is 0 Å². The third-order valence-corrected chi connectivity index (χ3v) is 3.49. The van der Waals surface area contributed by atoms with Gasteiger partial charge in [-0.1, -0.05) is 23.9 Å². The molecule has 1 aliphatic rings. The van der Waals surface area contributed by atoms with Crippen molar-refractivity contribution in [2.45, 2.75) is 4.90 Å². The van der Waals surface area contributed by atoms with E-state index in [1.54, 1.807) is 12.3 Å². The highest BCUT2D eigenvalue weighted by molar-refractivity contribution is 8.04. The number of carbonyl (C=O) groups excluding carboxylic acids is 1. The monoisotopic (exact) mass is 243 g/mol. The van der Waals surface area contributed by atoms with Crippen molar-refractivity contribution in [2.24, 2.45) is 0 Å². The van der Waals surface area contributed by atoms with Crippen LogP contribution in [0.15, 0.2) is 46.3 Å². The van der Waals surface area contributed by atoms with Gasteiger partial charge < -0.3 is 5.32 Å². The number of aromatic amines is 1. The average Bonchev–Trinajstić information content (AvgIpc) is 2.83. The van der Waals surface area contributed by atoms with Crippen LogP contribution in [0.5, 0.6) is 0 Å². The van der Waals surface area contributed by atoms with Gasteiger partial charge in [0.1, 0.15) is 0 Å². The Morgan fingerprint density at radius 1 is 1.24 bits per heavy atom. The molecule has 0 aliphatic carbocycles. The van der Waals surface area contributed by atoms with E-state index in [4.69, 9.17) is 0 Å². The van der Waals surface area contributed by atoms with Gasteiger partial charge in [-0.3, -0.25) is 9.89 Å². The molecule has 1 aromatic heterocycles. The first kappa shape index (κ1) is 10.2. The maximum Gasteiger partial charge on any atom is 0.262 e. The van der Waals surface area contributed by atoms with Crippen LogP contribution in [-0.2, 0) is 4.79 Å². The van der Waals surface area contributed by atoms with Gasteiger partial charge in [0.25, 0.3) is 5.91 Å². The first-order chi connectivity index (χ1) is 8.33. The van der Waals surface area contributed by atoms with Crippen molar-refractivity contribution in [3.63, 3.8) is 0 Å². The fourth-order valence-electron chi connectivity index (χ4n) is 1.59. The fourth-order valence-corrected chi connectivity index (χ4v) is 2.53. The lowest BCUT2D eigenvalue weighted by Gasteiger charge is -2.17. The second-order valence-electron chi connectivity index (χ2n) is 3.57. The molecule has 0 radical (unpaired) electrons. The number of fused-ring (bicyclic) bond motifs is 1. The molecule has 2 aromatic rings. The zero-order chi connectivity index (χ0) is 11.7. The SMILES string of the molecule is O=C1Nc2ccccc2S/C1=C\c1ccn[nH]1. The topological polar surface area (TPSA) is 57.8 Å². The van der Waals surface area contributed by atoms with Gasteiger partial charge in [-0.2, -0.15) is 5.10 Å². The van der Waals surface area contributed by atoms with E-state index < -0.39 is 0 Å². The molecule has 0 spiro atoms. The molecule has 3 rings (SSSR count). The molecule has 0 atom stereocenters. The second-order valence-corrected chi connectivity index (χ2v) is 4.66. The Labute approximate surface area is 102 Å². The van der Waals surface area contributed by atoms with Crippen LogP contribution in [0, 0.1) is 0 Å². The van der Waals surface area contributed by atoms with Crippen LogP contribution in [0.4, 0.5) is 5.69 Å². The third-order valence-electron chi connectivity index (χ3n) is 2.39. The summed E-state index contributed by atoms with van der Waals surface area (Å²) in [6, 6.07) is 9.56. The Kier molecular flexibility index (Phi) is 2.45. The predicted octanol–water partition coefficient (Wildman–Crippen LogP) is 2.50. The lowest BCUT2D eigenvalue weighted by molar-refractivity contribution is -0.112. The summed E-state index contributed by atoms with van der Waals surface area (Å²) in [6.45, 7) is 0. The average molecular weight is 243 g/mol. The molecular formula is C12H9N3OS. The van der Waals surface area contributed by atoms with Crippen LogP contribution >= 0.6 is 11.8 Å². The number of para-hydroxylation sites is 1. The minimum atomic E-state index is -0.0803. The summed E-state index contributed by atoms with van der Waals surface area (Å²) in [5, 5.41) is 9.52. The smallest absolute Gasteiger partial charge is 0.262 e. The normalized spacial score (nSPS) is 16.7. The molecule has 84 valence electrons. The quantitative estimate of drug-likeness (QED) is 0.756. The standard InChI is InChI=1S/C12H9N3OS/c16-12-11(7-8-5-6-13-15-8)17-10-4-2-1-3-9(10)14-12/h1-7H,(H,13,15)(H,14,16)/b11-7-. The number of hydrogen-bond acceptors (Lipinski definition) is 3. The number of nitrogens with one attached hydrogen (secondary N) is 2. The fraction of sp³-hybridized carbons (Fsp3) is 0. The van der Waals surface area contributed by atoms with E-state index in [9.17, 15) is 4.79 Å². The minimum Gasteiger partial charge on any atom is -0.320 e. The summed E-state index contributed by atoms with van der Waals surface area (Å²) in [6.07, 6.45) is 3.45. The zero-order valence-electron chi connectivity index (χ0n) is 8.81. The Balaban J connectivity index is 1.97. The summed E-state index contributed by atoms with van der Waals surface area (Å²) in [7, 11) is 0. The number of thioether (sulfide) groups is 1. The molecule has 0 saturated heterocycles. The van der Waals surface area contributed by atoms with Gasteiger partial charge in [-0.15, -0.1) is 0 Å². The Morgan fingerprint density at radius 3 is 2.94 bits per heavy atom. The van der Waals surface area contributed by atoms with Gasteiger partial charge in [0.05, 0.1) is 16.3 Å². The molecule has 1 amide bonds. The number of nitrogens with zero attached hydrogens (tertiary/aromatic N) is 1. The van der Waals surface area contributed by atoms with Crippen molar-refractivity contribution in [3.8, 4) is 0 Å². The number of amides is 1. The maximum absolute atomic E-state index is 11.8. The summed E-state index contributed by atoms with van der Waals surface area (Å²) in [4.78, 5) is 13.6. The third kappa shape index (κ3) is 1.97. The van der Waals surface area contributed by atoms with E-state index in [0.717, 1.165) is 16.3 Å². The largest absolute Gasteiger partial charge is 0.320 e. The van der Waals surface area contributed by atoms with Crippen LogP contribution in [0.1, 0.15) is 5.69 Å². The molecule has 17 heavy (non-hydrogen) atoms. The van der Waals surface area contributed by atoms with Crippen LogP contribution < -0.4 is 5.32 Å². The molecule has 4 nitrogen and oxygen atoms in total. The minimum absolute atomic E-state index is 0.0803. The van der Waals surface area contributed by atoms with E-state index in [-0.39, 0.29) is 5.91 Å². The highest BCUT2D eigenvalue weighted by Crippen LogP contribution is 2.38. The van der Waals surface area contributed by atoms with Crippen LogP contribution in [-0.4, -0.2) is 16.1 Å². The van der Waals surface area contributed by atoms with Crippen LogP contribution in [0.3, 0.4) is 0 Å². The van der Waals surface area contributed by atoms with Crippen LogP contribution in [0.2, 0.25) is 0 Å². The van der Waals surface area contributed by atoms with Crippen LogP contribution in [0.25, 0.3) is 6.08 Å². The van der Waals surface area contributed by atoms with Crippen molar-refractivity contribution >= 4 is 29.4 Å². The molecule has 0 saturated carbocycles. The van der Waals surface area contributed by atoms with Gasteiger partial charge in [0.2, 0.25) is 0 Å². The predicted molar refractivity (Wildman–Crippen MR) is 67.5 cm³/mol. The first-order valence-corrected chi connectivity index (χ1v) is 5.94. The van der Waals surface area contributed by atoms with Crippen molar-refractivity contribution in [1.82, 2.24) is 10.2 Å². The summed E-state index contributed by atoms with van der Waals surface area (Å²) >= 11 is 1.46. The molecule has 1 aromatic carbocycles. The molecule has 0 fully saturated rings. The number of benzene rings is 1. The molecular weight excluding hydrogens is 234 g/mol. The van der Waals surface area contributed by atoms with Crippen molar-refractivity contribution in [2.75, 3.05) is 5.32 Å². The molecule has 1 aliphatic heterocycles.